The van der Waals surface area contributed by atoms with Gasteiger partial charge in [0.05, 0.1) is 0 Å². The van der Waals surface area contributed by atoms with E-state index in [0.29, 0.717) is 11.4 Å². The van der Waals surface area contributed by atoms with Crippen LogP contribution in [0, 0.1) is 0 Å². The number of para-hydroxylation sites is 1. The average Bonchev–Trinajstić information content (AvgIpc) is 2.39. The van der Waals surface area contributed by atoms with Gasteiger partial charge in [-0.3, -0.25) is 4.55 Å². The average molecular weight is 275 g/mol. The lowest BCUT2D eigenvalue weighted by molar-refractivity contribution is 0.457. The molecule has 0 saturated heterocycles. The van der Waals surface area contributed by atoms with Crippen LogP contribution in [0.4, 0.5) is 5.69 Å². The van der Waals surface area contributed by atoms with Crippen molar-refractivity contribution in [2.75, 3.05) is 5.73 Å². The summed E-state index contributed by atoms with van der Waals surface area (Å²) in [7, 11) is 0. The maximum Gasteiger partial charge on any atom is 0.357 e. The van der Waals surface area contributed by atoms with Crippen LogP contribution < -0.4 is 9.92 Å². The van der Waals surface area contributed by atoms with E-state index in [4.69, 9.17) is 14.5 Å². The van der Waals surface area contributed by atoms with E-state index in [1.54, 1.807) is 18.2 Å². The highest BCUT2D eigenvalue weighted by Crippen LogP contribution is 2.21. The zero-order valence-corrected chi connectivity index (χ0v) is 10.8. The molecule has 1 unspecified atom stereocenters. The Kier molecular flexibility index (Phi) is 4.33. The lowest BCUT2D eigenvalue weighted by Gasteiger charge is -2.03. The quantitative estimate of drug-likeness (QED) is 0.511. The first kappa shape index (κ1) is 13.3. The van der Waals surface area contributed by atoms with Crippen LogP contribution >= 0.6 is 0 Å². The molecule has 0 fully saturated rings. The summed E-state index contributed by atoms with van der Waals surface area (Å²) in [5.41, 5.74) is 8.02. The molecule has 3 N–H and O–H groups in total. The Morgan fingerprint density at radius 1 is 1.05 bits per heavy atom. The number of nitrogen functional groups attached to an aromatic ring is 1. The van der Waals surface area contributed by atoms with Gasteiger partial charge in [0.1, 0.15) is 5.75 Å². The Bertz CT molecular complexity index is 608. The van der Waals surface area contributed by atoms with Crippen molar-refractivity contribution in [1.29, 1.82) is 0 Å². The fourth-order valence-electron chi connectivity index (χ4n) is 1.56. The van der Waals surface area contributed by atoms with Crippen molar-refractivity contribution >= 4 is 29.2 Å². The molecule has 0 aliphatic heterocycles. The number of anilines is 1. The molecular formula is C14H13NO3S. The van der Waals surface area contributed by atoms with E-state index >= 15 is 0 Å². The summed E-state index contributed by atoms with van der Waals surface area (Å²) in [6.45, 7) is 0. The van der Waals surface area contributed by atoms with E-state index in [0.717, 1.165) is 11.1 Å². The predicted molar refractivity (Wildman–Crippen MR) is 77.6 cm³/mol. The van der Waals surface area contributed by atoms with E-state index in [2.05, 4.69) is 0 Å². The van der Waals surface area contributed by atoms with Gasteiger partial charge >= 0.3 is 11.4 Å². The highest BCUT2D eigenvalue weighted by Gasteiger charge is 2.02. The molecule has 0 radical (unpaired) electrons. The third-order valence-electron chi connectivity index (χ3n) is 2.47. The zero-order valence-electron chi connectivity index (χ0n) is 10.0. The molecule has 2 aromatic carbocycles. The van der Waals surface area contributed by atoms with Crippen molar-refractivity contribution in [1.82, 2.24) is 0 Å². The topological polar surface area (TPSA) is 72.5 Å². The Morgan fingerprint density at radius 3 is 2.42 bits per heavy atom. The fourth-order valence-corrected chi connectivity index (χ4v) is 1.87. The number of hydrogen-bond donors (Lipinski definition) is 2. The maximum atomic E-state index is 10.7. The summed E-state index contributed by atoms with van der Waals surface area (Å²) in [6.07, 6.45) is 3.69. The van der Waals surface area contributed by atoms with E-state index in [9.17, 15) is 4.21 Å². The molecule has 4 nitrogen and oxygen atoms in total. The first-order chi connectivity index (χ1) is 9.15. The molecule has 0 aliphatic carbocycles. The van der Waals surface area contributed by atoms with Crippen molar-refractivity contribution in [2.24, 2.45) is 0 Å². The molecule has 0 aliphatic rings. The highest BCUT2D eigenvalue weighted by molar-refractivity contribution is 7.74. The smallest absolute Gasteiger partial charge is 0.357 e. The van der Waals surface area contributed by atoms with Crippen LogP contribution in [-0.4, -0.2) is 8.76 Å². The molecule has 0 saturated carbocycles. The lowest BCUT2D eigenvalue weighted by Crippen LogP contribution is -1.98. The third kappa shape index (κ3) is 3.94. The molecule has 0 spiro atoms. The maximum absolute atomic E-state index is 10.7. The van der Waals surface area contributed by atoms with Gasteiger partial charge < -0.3 is 9.92 Å². The second-order valence-corrected chi connectivity index (χ2v) is 4.44. The Labute approximate surface area is 114 Å². The van der Waals surface area contributed by atoms with E-state index in [-0.39, 0.29) is 0 Å². The van der Waals surface area contributed by atoms with Crippen LogP contribution in [-0.2, 0) is 11.4 Å². The van der Waals surface area contributed by atoms with Crippen molar-refractivity contribution < 1.29 is 12.9 Å². The summed E-state index contributed by atoms with van der Waals surface area (Å²) in [5, 5.41) is 0. The lowest BCUT2D eigenvalue weighted by atomic mass is 10.1. The highest BCUT2D eigenvalue weighted by atomic mass is 32.2. The van der Waals surface area contributed by atoms with Gasteiger partial charge in [-0.1, -0.05) is 42.5 Å². The Hall–Kier alpha value is -2.11. The van der Waals surface area contributed by atoms with Gasteiger partial charge in [0.25, 0.3) is 0 Å². The molecule has 0 bridgehead atoms. The minimum atomic E-state index is -2.33. The van der Waals surface area contributed by atoms with Crippen molar-refractivity contribution in [3.8, 4) is 5.75 Å². The van der Waals surface area contributed by atoms with Gasteiger partial charge in [-0.2, -0.15) is 4.21 Å². The molecule has 19 heavy (non-hydrogen) atoms. The second kappa shape index (κ2) is 6.17. The standard InChI is InChI=1S/C14H13NO3S/c15-13-9-6-11(7-10-13)5-8-12-3-1-2-4-14(12)18-19(16)17/h1-10H,15H2,(H,16,17). The number of rotatable bonds is 4. The molecule has 5 heteroatoms. The van der Waals surface area contributed by atoms with Crippen LogP contribution in [0.2, 0.25) is 0 Å². The Balaban J connectivity index is 2.22. The molecular weight excluding hydrogens is 262 g/mol. The molecule has 2 rings (SSSR count). The van der Waals surface area contributed by atoms with Crippen molar-refractivity contribution in [2.45, 2.75) is 0 Å². The Morgan fingerprint density at radius 2 is 1.74 bits per heavy atom. The van der Waals surface area contributed by atoms with Crippen LogP contribution in [0.3, 0.4) is 0 Å². The summed E-state index contributed by atoms with van der Waals surface area (Å²) < 4.78 is 24.3. The SMILES string of the molecule is Nc1ccc(C=Cc2ccccc2OS(=O)O)cc1. The van der Waals surface area contributed by atoms with Gasteiger partial charge in [-0.25, -0.2) is 0 Å². The van der Waals surface area contributed by atoms with Gasteiger partial charge in [0.15, 0.2) is 0 Å². The summed E-state index contributed by atoms with van der Waals surface area (Å²) in [6, 6.07) is 14.4. The minimum Gasteiger partial charge on any atom is -0.399 e. The summed E-state index contributed by atoms with van der Waals surface area (Å²) in [5.74, 6) is 0.357. The van der Waals surface area contributed by atoms with Gasteiger partial charge in [-0.15, -0.1) is 0 Å². The largest absolute Gasteiger partial charge is 0.399 e. The molecule has 2 aromatic rings. The number of hydrogen-bond acceptors (Lipinski definition) is 3. The van der Waals surface area contributed by atoms with Crippen LogP contribution in [0.25, 0.3) is 12.2 Å². The van der Waals surface area contributed by atoms with E-state index in [1.165, 1.54) is 0 Å². The molecule has 0 heterocycles. The first-order valence-corrected chi connectivity index (χ1v) is 6.60. The number of benzene rings is 2. The normalized spacial score (nSPS) is 12.5. The summed E-state index contributed by atoms with van der Waals surface area (Å²) in [4.78, 5) is 0. The number of nitrogens with two attached hydrogens (primary N) is 1. The van der Waals surface area contributed by atoms with Crippen molar-refractivity contribution in [3.05, 3.63) is 59.7 Å². The predicted octanol–water partition coefficient (Wildman–Crippen LogP) is 2.95. The first-order valence-electron chi connectivity index (χ1n) is 5.57. The van der Waals surface area contributed by atoms with Crippen LogP contribution in [0.1, 0.15) is 11.1 Å². The third-order valence-corrected chi connectivity index (χ3v) is 2.79. The minimum absolute atomic E-state index is 0.357. The molecule has 0 aromatic heterocycles. The van der Waals surface area contributed by atoms with Gasteiger partial charge in [0.2, 0.25) is 0 Å². The summed E-state index contributed by atoms with van der Waals surface area (Å²) >= 11 is -2.33. The van der Waals surface area contributed by atoms with Crippen LogP contribution in [0.15, 0.2) is 48.5 Å². The fraction of sp³-hybridized carbons (Fsp3) is 0. The van der Waals surface area contributed by atoms with Gasteiger partial charge in [-0.05, 0) is 23.8 Å². The van der Waals surface area contributed by atoms with Gasteiger partial charge in [0, 0.05) is 11.3 Å². The van der Waals surface area contributed by atoms with Crippen molar-refractivity contribution in [3.63, 3.8) is 0 Å². The molecule has 1 atom stereocenters. The van der Waals surface area contributed by atoms with Crippen LogP contribution in [0.5, 0.6) is 5.75 Å². The zero-order chi connectivity index (χ0) is 13.7. The monoisotopic (exact) mass is 275 g/mol. The molecule has 0 amide bonds. The molecule has 98 valence electrons. The van der Waals surface area contributed by atoms with E-state index < -0.39 is 11.4 Å². The second-order valence-electron chi connectivity index (χ2n) is 3.84. The van der Waals surface area contributed by atoms with E-state index in [1.807, 2.05) is 42.5 Å².